The number of nitrogens with zero attached hydrogens (tertiary/aromatic N) is 3. The third kappa shape index (κ3) is 5.39. The molecule has 9 heteroatoms. The number of fused-ring (bicyclic) bond motifs is 2. The summed E-state index contributed by atoms with van der Waals surface area (Å²) >= 11 is 6.87. The van der Waals surface area contributed by atoms with Crippen molar-refractivity contribution in [3.8, 4) is 12.3 Å². The molecule has 1 aliphatic carbocycles. The molecule has 1 fully saturated rings. The Hall–Kier alpha value is -4.19. The van der Waals surface area contributed by atoms with Crippen molar-refractivity contribution in [2.24, 2.45) is 12.5 Å². The average molecular weight is 596 g/mol. The normalized spacial score (nSPS) is 16.8. The molecule has 6 rings (SSSR count). The molecule has 0 spiro atoms. The number of pyridine rings is 2. The molecule has 8 nitrogen and oxygen atoms in total. The molecule has 0 bridgehead atoms. The second kappa shape index (κ2) is 10.8. The Balaban J connectivity index is 1.49. The Labute approximate surface area is 257 Å². The zero-order valence-corrected chi connectivity index (χ0v) is 26.1. The van der Waals surface area contributed by atoms with E-state index in [0.29, 0.717) is 21.5 Å². The van der Waals surface area contributed by atoms with E-state index in [1.807, 2.05) is 36.5 Å². The van der Waals surface area contributed by atoms with E-state index in [-0.39, 0.29) is 22.6 Å². The van der Waals surface area contributed by atoms with Crippen LogP contribution in [0.15, 0.2) is 65.5 Å². The molecule has 0 amide bonds. The number of anilines is 2. The minimum Gasteiger partial charge on any atom is -0.383 e. The minimum absolute atomic E-state index is 0.0359. The van der Waals surface area contributed by atoms with Crippen LogP contribution >= 0.6 is 11.6 Å². The van der Waals surface area contributed by atoms with Gasteiger partial charge in [0.15, 0.2) is 0 Å². The van der Waals surface area contributed by atoms with Gasteiger partial charge in [0.05, 0.1) is 39.1 Å². The second-order valence-corrected chi connectivity index (χ2v) is 13.5. The maximum Gasteiger partial charge on any atom is 0.258 e. The maximum absolute atomic E-state index is 13.1. The van der Waals surface area contributed by atoms with Crippen LogP contribution in [-0.4, -0.2) is 26.6 Å². The number of terminal acetylenes is 1. The van der Waals surface area contributed by atoms with Crippen LogP contribution in [0.25, 0.3) is 21.7 Å². The first-order valence-electron chi connectivity index (χ1n) is 14.7. The average Bonchev–Trinajstić information content (AvgIpc) is 3.45. The number of benzene rings is 2. The summed E-state index contributed by atoms with van der Waals surface area (Å²) in [5.74, 6) is 2.78. The van der Waals surface area contributed by atoms with Crippen LogP contribution in [0.2, 0.25) is 5.02 Å². The Bertz CT molecular complexity index is 1860. The highest BCUT2D eigenvalue weighted by molar-refractivity contribution is 6.35. The summed E-state index contributed by atoms with van der Waals surface area (Å²) < 4.78 is 1.60. The molecule has 0 unspecified atom stereocenters. The number of aryl methyl sites for hydroxylation is 1. The van der Waals surface area contributed by atoms with E-state index in [2.05, 4.69) is 77.5 Å². The topological polar surface area (TPSA) is 86.2 Å². The molecule has 222 valence electrons. The van der Waals surface area contributed by atoms with Gasteiger partial charge in [-0.15, -0.1) is 12.0 Å². The van der Waals surface area contributed by atoms with Crippen molar-refractivity contribution in [1.82, 2.24) is 25.5 Å². The zero-order chi connectivity index (χ0) is 30.5. The minimum atomic E-state index is -0.333. The summed E-state index contributed by atoms with van der Waals surface area (Å²) in [5.41, 5.74) is 11.7. The van der Waals surface area contributed by atoms with Crippen LogP contribution in [0.1, 0.15) is 64.1 Å². The van der Waals surface area contributed by atoms with E-state index in [1.165, 1.54) is 6.42 Å². The first-order valence-corrected chi connectivity index (χ1v) is 15.1. The van der Waals surface area contributed by atoms with E-state index in [0.717, 1.165) is 52.8 Å². The van der Waals surface area contributed by atoms with E-state index in [1.54, 1.807) is 17.8 Å². The van der Waals surface area contributed by atoms with Crippen LogP contribution < -0.4 is 27.2 Å². The molecule has 2 aromatic heterocycles. The molecule has 1 aliphatic heterocycles. The molecular weight excluding hydrogens is 558 g/mol. The third-order valence-electron chi connectivity index (χ3n) is 8.57. The van der Waals surface area contributed by atoms with Gasteiger partial charge in [-0.1, -0.05) is 50.4 Å². The molecule has 1 saturated carbocycles. The van der Waals surface area contributed by atoms with Gasteiger partial charge in [-0.05, 0) is 66.8 Å². The number of hydrogen-bond donors (Lipinski definition) is 4. The molecular formula is C34H38ClN7O. The van der Waals surface area contributed by atoms with E-state index in [4.69, 9.17) is 18.0 Å². The molecule has 4 aromatic rings. The molecule has 1 atom stereocenters. The highest BCUT2D eigenvalue weighted by Crippen LogP contribution is 2.40. The van der Waals surface area contributed by atoms with Crippen molar-refractivity contribution in [3.63, 3.8) is 0 Å². The highest BCUT2D eigenvalue weighted by Gasteiger charge is 2.40. The van der Waals surface area contributed by atoms with Gasteiger partial charge in [0, 0.05) is 48.6 Å². The lowest BCUT2D eigenvalue weighted by Crippen LogP contribution is -2.55. The SMILES string of the molecule is C#Cc1cnc2c(Cl)cc(N[C@H](C3=CN(C4(C)CCC4)NN3)c3cccc4c(=O)n(C)ccc34)cc2c1NCC(C)(C)C. The summed E-state index contributed by atoms with van der Waals surface area (Å²) in [5, 5.41) is 12.4. The summed E-state index contributed by atoms with van der Waals surface area (Å²) in [6, 6.07) is 11.5. The largest absolute Gasteiger partial charge is 0.383 e. The van der Waals surface area contributed by atoms with Gasteiger partial charge >= 0.3 is 0 Å². The van der Waals surface area contributed by atoms with Crippen molar-refractivity contribution >= 4 is 44.7 Å². The molecule has 0 saturated heterocycles. The monoisotopic (exact) mass is 595 g/mol. The number of nitrogens with one attached hydrogen (secondary N) is 4. The Kier molecular flexibility index (Phi) is 7.27. The molecule has 2 aromatic carbocycles. The summed E-state index contributed by atoms with van der Waals surface area (Å²) in [7, 11) is 1.77. The van der Waals surface area contributed by atoms with Crippen molar-refractivity contribution in [3.05, 3.63) is 87.2 Å². The molecule has 3 heterocycles. The van der Waals surface area contributed by atoms with Crippen LogP contribution in [0.4, 0.5) is 11.4 Å². The highest BCUT2D eigenvalue weighted by atomic mass is 35.5. The van der Waals surface area contributed by atoms with Gasteiger partial charge in [-0.3, -0.25) is 14.8 Å². The van der Waals surface area contributed by atoms with Crippen molar-refractivity contribution < 1.29 is 0 Å². The fourth-order valence-corrected chi connectivity index (χ4v) is 6.10. The Morgan fingerprint density at radius 2 is 1.98 bits per heavy atom. The number of aromatic nitrogens is 2. The smallest absolute Gasteiger partial charge is 0.258 e. The first-order chi connectivity index (χ1) is 20.5. The Morgan fingerprint density at radius 1 is 1.19 bits per heavy atom. The van der Waals surface area contributed by atoms with Gasteiger partial charge in [0.2, 0.25) is 0 Å². The lowest BCUT2D eigenvalue weighted by Gasteiger charge is -2.45. The fourth-order valence-electron chi connectivity index (χ4n) is 5.83. The fraction of sp³-hybridized carbons (Fsp3) is 0.353. The van der Waals surface area contributed by atoms with E-state index in [9.17, 15) is 4.79 Å². The van der Waals surface area contributed by atoms with Crippen LogP contribution in [0, 0.1) is 17.8 Å². The molecule has 2 aliphatic rings. The van der Waals surface area contributed by atoms with E-state index < -0.39 is 0 Å². The van der Waals surface area contributed by atoms with Crippen LogP contribution in [0.5, 0.6) is 0 Å². The van der Waals surface area contributed by atoms with Gasteiger partial charge in [0.1, 0.15) is 0 Å². The number of halogens is 1. The lowest BCUT2D eigenvalue weighted by atomic mass is 9.78. The molecule has 0 radical (unpaired) electrons. The standard InChI is InChI=1S/C34H38ClN7O/c1-7-21-18-36-30-26(29(21)37-20-33(2,3)4)16-22(17-27(30)35)38-31(28-19-42(40-39-28)34(5)13-9-14-34)24-10-8-11-25-23(24)12-15-41(6)32(25)43/h1,8,10-12,15-19,31,38-40H,9,13-14,20H2,2-6H3,(H,36,37)/t31-/m0/s1. The third-order valence-corrected chi connectivity index (χ3v) is 8.85. The molecule has 43 heavy (non-hydrogen) atoms. The zero-order valence-electron chi connectivity index (χ0n) is 25.3. The second-order valence-electron chi connectivity index (χ2n) is 13.1. The predicted octanol–water partition coefficient (Wildman–Crippen LogP) is 6.44. The van der Waals surface area contributed by atoms with Gasteiger partial charge < -0.3 is 20.6 Å². The quantitative estimate of drug-likeness (QED) is 0.183. The van der Waals surface area contributed by atoms with Crippen LogP contribution in [-0.2, 0) is 7.05 Å². The van der Waals surface area contributed by atoms with Crippen molar-refractivity contribution in [1.29, 1.82) is 0 Å². The van der Waals surface area contributed by atoms with Crippen molar-refractivity contribution in [2.45, 2.75) is 58.5 Å². The molecule has 4 N–H and O–H groups in total. The summed E-state index contributed by atoms with van der Waals surface area (Å²) in [6.45, 7) is 9.50. The van der Waals surface area contributed by atoms with Gasteiger partial charge in [-0.25, -0.2) is 0 Å². The van der Waals surface area contributed by atoms with Crippen molar-refractivity contribution in [2.75, 3.05) is 17.2 Å². The first kappa shape index (κ1) is 28.9. The number of rotatable bonds is 7. The maximum atomic E-state index is 13.1. The lowest BCUT2D eigenvalue weighted by molar-refractivity contribution is 0.0342. The van der Waals surface area contributed by atoms with E-state index >= 15 is 0 Å². The van der Waals surface area contributed by atoms with Gasteiger partial charge in [0.25, 0.3) is 5.56 Å². The summed E-state index contributed by atoms with van der Waals surface area (Å²) in [4.78, 5) is 17.7. The summed E-state index contributed by atoms with van der Waals surface area (Å²) in [6.07, 6.45) is 15.0. The number of hydrazine groups is 2. The van der Waals surface area contributed by atoms with Gasteiger partial charge in [-0.2, -0.15) is 0 Å². The number of hydrogen-bond acceptors (Lipinski definition) is 7. The predicted molar refractivity (Wildman–Crippen MR) is 177 cm³/mol. The Morgan fingerprint density at radius 3 is 2.67 bits per heavy atom. The van der Waals surface area contributed by atoms with Crippen LogP contribution in [0.3, 0.4) is 0 Å².